The van der Waals surface area contributed by atoms with Crippen molar-refractivity contribution in [3.63, 3.8) is 0 Å². The van der Waals surface area contributed by atoms with Crippen molar-refractivity contribution in [2.24, 2.45) is 5.92 Å². The topological polar surface area (TPSA) is 78.4 Å². The number of carbonyl (C=O) groups is 2. The summed E-state index contributed by atoms with van der Waals surface area (Å²) in [5.41, 5.74) is 0. The maximum atomic E-state index is 11.3. The minimum Gasteiger partial charge on any atom is -0.481 e. The van der Waals surface area contributed by atoms with E-state index in [4.69, 9.17) is 5.11 Å². The molecule has 0 spiro atoms. The smallest absolute Gasteiger partial charge is 0.315 e. The van der Waals surface area contributed by atoms with E-state index in [0.717, 1.165) is 6.42 Å². The molecular formula is C10H18N2O3. The van der Waals surface area contributed by atoms with Crippen LogP contribution >= 0.6 is 0 Å². The normalized spacial score (nSPS) is 25.5. The lowest BCUT2D eigenvalue weighted by Crippen LogP contribution is -2.42. The summed E-state index contributed by atoms with van der Waals surface area (Å²) in [5, 5.41) is 14.0. The van der Waals surface area contributed by atoms with E-state index >= 15 is 0 Å². The Bertz CT molecular complexity index is 255. The number of rotatable bonds is 5. The Morgan fingerprint density at radius 2 is 2.13 bits per heavy atom. The second-order valence-electron chi connectivity index (χ2n) is 4.27. The lowest BCUT2D eigenvalue weighted by Gasteiger charge is -2.13. The van der Waals surface area contributed by atoms with Gasteiger partial charge in [-0.25, -0.2) is 4.79 Å². The number of carboxylic acids is 1. The van der Waals surface area contributed by atoms with E-state index in [9.17, 15) is 9.59 Å². The highest BCUT2D eigenvalue weighted by Gasteiger charge is 2.33. The summed E-state index contributed by atoms with van der Waals surface area (Å²) in [6.45, 7) is 3.89. The van der Waals surface area contributed by atoms with Crippen LogP contribution in [0.15, 0.2) is 0 Å². The number of aliphatic carboxylic acids is 1. The molecule has 0 radical (unpaired) electrons. The van der Waals surface area contributed by atoms with Gasteiger partial charge < -0.3 is 15.7 Å². The minimum absolute atomic E-state index is 0.0846. The van der Waals surface area contributed by atoms with Gasteiger partial charge in [0.25, 0.3) is 0 Å². The molecular weight excluding hydrogens is 196 g/mol. The molecule has 2 amide bonds. The Morgan fingerprint density at radius 3 is 2.60 bits per heavy atom. The molecule has 0 aromatic carbocycles. The second kappa shape index (κ2) is 5.00. The van der Waals surface area contributed by atoms with Gasteiger partial charge in [-0.1, -0.05) is 6.92 Å². The van der Waals surface area contributed by atoms with Crippen molar-refractivity contribution in [3.8, 4) is 0 Å². The number of hydrogen-bond acceptors (Lipinski definition) is 2. The Morgan fingerprint density at radius 1 is 1.53 bits per heavy atom. The zero-order valence-corrected chi connectivity index (χ0v) is 9.12. The van der Waals surface area contributed by atoms with Crippen LogP contribution in [0.5, 0.6) is 0 Å². The van der Waals surface area contributed by atoms with E-state index in [2.05, 4.69) is 17.6 Å². The molecule has 1 fully saturated rings. The predicted octanol–water partition coefficient (Wildman–Crippen LogP) is 0.947. The lowest BCUT2D eigenvalue weighted by molar-refractivity contribution is -0.137. The Hall–Kier alpha value is -1.26. The van der Waals surface area contributed by atoms with Gasteiger partial charge in [0, 0.05) is 18.5 Å². The average molecular weight is 214 g/mol. The van der Waals surface area contributed by atoms with Crippen molar-refractivity contribution in [1.82, 2.24) is 10.6 Å². The molecule has 1 saturated carbocycles. The third-order valence-corrected chi connectivity index (χ3v) is 2.59. The van der Waals surface area contributed by atoms with Crippen LogP contribution in [-0.4, -0.2) is 29.2 Å². The van der Waals surface area contributed by atoms with Crippen LogP contribution in [0.1, 0.15) is 33.1 Å². The zero-order valence-electron chi connectivity index (χ0n) is 9.12. The molecule has 5 heteroatoms. The van der Waals surface area contributed by atoms with E-state index in [1.54, 1.807) is 6.92 Å². The molecule has 3 N–H and O–H groups in total. The van der Waals surface area contributed by atoms with E-state index < -0.39 is 5.97 Å². The molecule has 0 heterocycles. The maximum Gasteiger partial charge on any atom is 0.315 e. The molecule has 3 atom stereocenters. The zero-order chi connectivity index (χ0) is 11.4. The van der Waals surface area contributed by atoms with Gasteiger partial charge in [0.05, 0.1) is 0 Å². The third-order valence-electron chi connectivity index (χ3n) is 2.59. The summed E-state index contributed by atoms with van der Waals surface area (Å²) >= 11 is 0. The van der Waals surface area contributed by atoms with Gasteiger partial charge in [0.1, 0.15) is 0 Å². The lowest BCUT2D eigenvalue weighted by atomic mass is 10.2. The van der Waals surface area contributed by atoms with Crippen LogP contribution in [0.25, 0.3) is 0 Å². The van der Waals surface area contributed by atoms with Gasteiger partial charge in [0.15, 0.2) is 0 Å². The van der Waals surface area contributed by atoms with Gasteiger partial charge in [-0.15, -0.1) is 0 Å². The van der Waals surface area contributed by atoms with Gasteiger partial charge in [-0.3, -0.25) is 4.79 Å². The highest BCUT2D eigenvalue weighted by molar-refractivity contribution is 5.75. The first-order valence-corrected chi connectivity index (χ1v) is 5.28. The second-order valence-corrected chi connectivity index (χ2v) is 4.27. The van der Waals surface area contributed by atoms with Crippen molar-refractivity contribution in [2.75, 3.05) is 0 Å². The molecule has 1 aliphatic carbocycles. The molecule has 86 valence electrons. The molecule has 1 rings (SSSR count). The number of carbonyl (C=O) groups excluding carboxylic acids is 1. The number of hydrogen-bond donors (Lipinski definition) is 3. The molecule has 0 bridgehead atoms. The fraction of sp³-hybridized carbons (Fsp3) is 0.800. The number of nitrogens with one attached hydrogen (secondary N) is 2. The molecule has 0 aromatic heterocycles. The number of amides is 2. The average Bonchev–Trinajstić information content (AvgIpc) is 2.78. The fourth-order valence-electron chi connectivity index (χ4n) is 1.37. The van der Waals surface area contributed by atoms with Crippen LogP contribution in [0.2, 0.25) is 0 Å². The summed E-state index contributed by atoms with van der Waals surface area (Å²) < 4.78 is 0. The van der Waals surface area contributed by atoms with Gasteiger partial charge in [-0.2, -0.15) is 0 Å². The highest BCUT2D eigenvalue weighted by Crippen LogP contribution is 2.28. The summed E-state index contributed by atoms with van der Waals surface area (Å²) in [7, 11) is 0. The highest BCUT2D eigenvalue weighted by atomic mass is 16.4. The van der Waals surface area contributed by atoms with Crippen molar-refractivity contribution in [2.45, 2.75) is 45.2 Å². The standard InChI is InChI=1S/C10H18N2O3/c1-6-5-8(6)12-10(15)11-7(2)3-4-9(13)14/h6-8H,3-5H2,1-2H3,(H,13,14)(H2,11,12,15). The van der Waals surface area contributed by atoms with E-state index in [1.165, 1.54) is 0 Å². The Labute approximate surface area is 89.2 Å². The van der Waals surface area contributed by atoms with Crippen LogP contribution in [-0.2, 0) is 4.79 Å². The van der Waals surface area contributed by atoms with Crippen molar-refractivity contribution in [1.29, 1.82) is 0 Å². The van der Waals surface area contributed by atoms with Gasteiger partial charge in [-0.05, 0) is 25.7 Å². The van der Waals surface area contributed by atoms with E-state index in [1.807, 2.05) is 0 Å². The molecule has 3 unspecified atom stereocenters. The summed E-state index contributed by atoms with van der Waals surface area (Å²) in [6.07, 6.45) is 1.58. The van der Waals surface area contributed by atoms with Gasteiger partial charge in [0.2, 0.25) is 0 Å². The van der Waals surface area contributed by atoms with Crippen molar-refractivity contribution >= 4 is 12.0 Å². The summed E-state index contributed by atoms with van der Waals surface area (Å²) in [5.74, 6) is -0.259. The van der Waals surface area contributed by atoms with Crippen LogP contribution in [0, 0.1) is 5.92 Å². The Balaban J connectivity index is 2.11. The Kier molecular flexibility index (Phi) is 3.94. The first-order valence-electron chi connectivity index (χ1n) is 5.28. The molecule has 1 aliphatic rings. The molecule has 15 heavy (non-hydrogen) atoms. The van der Waals surface area contributed by atoms with Crippen molar-refractivity contribution in [3.05, 3.63) is 0 Å². The molecule has 0 aromatic rings. The number of carboxylic acid groups (broad SMARTS) is 1. The van der Waals surface area contributed by atoms with Crippen LogP contribution in [0.4, 0.5) is 4.79 Å². The monoisotopic (exact) mass is 214 g/mol. The summed E-state index contributed by atoms with van der Waals surface area (Å²) in [6, 6.07) is 0.00840. The van der Waals surface area contributed by atoms with Crippen LogP contribution in [0.3, 0.4) is 0 Å². The minimum atomic E-state index is -0.833. The SMILES string of the molecule is CC(CCC(=O)O)NC(=O)NC1CC1C. The molecule has 0 saturated heterocycles. The number of urea groups is 1. The fourth-order valence-corrected chi connectivity index (χ4v) is 1.37. The third kappa shape index (κ3) is 4.67. The first-order chi connectivity index (χ1) is 6.99. The predicted molar refractivity (Wildman–Crippen MR) is 55.6 cm³/mol. The quantitative estimate of drug-likeness (QED) is 0.637. The first kappa shape index (κ1) is 11.8. The summed E-state index contributed by atoms with van der Waals surface area (Å²) in [4.78, 5) is 21.6. The molecule has 5 nitrogen and oxygen atoms in total. The van der Waals surface area contributed by atoms with Crippen molar-refractivity contribution < 1.29 is 14.7 Å². The van der Waals surface area contributed by atoms with E-state index in [0.29, 0.717) is 18.4 Å². The van der Waals surface area contributed by atoms with Crippen LogP contribution < -0.4 is 10.6 Å². The largest absolute Gasteiger partial charge is 0.481 e. The maximum absolute atomic E-state index is 11.3. The van der Waals surface area contributed by atoms with E-state index in [-0.39, 0.29) is 18.5 Å². The molecule has 0 aliphatic heterocycles. The van der Waals surface area contributed by atoms with Gasteiger partial charge >= 0.3 is 12.0 Å².